The lowest BCUT2D eigenvalue weighted by Crippen LogP contribution is -2.29. The van der Waals surface area contributed by atoms with Gasteiger partial charge in [-0.25, -0.2) is 0 Å². The van der Waals surface area contributed by atoms with E-state index in [0.717, 1.165) is 6.08 Å². The number of nitro benzene ring substituents is 1. The molecule has 1 heterocycles. The Labute approximate surface area is 147 Å². The molecule has 0 spiro atoms. The van der Waals surface area contributed by atoms with Crippen molar-refractivity contribution in [2.75, 3.05) is 0 Å². The maximum absolute atomic E-state index is 12.5. The number of para-hydroxylation sites is 2. The summed E-state index contributed by atoms with van der Waals surface area (Å²) < 4.78 is 0.970. The van der Waals surface area contributed by atoms with E-state index in [2.05, 4.69) is 0 Å². The van der Waals surface area contributed by atoms with E-state index in [1.165, 1.54) is 43.3 Å². The highest BCUT2D eigenvalue weighted by Gasteiger charge is 2.24. The van der Waals surface area contributed by atoms with Gasteiger partial charge in [0.1, 0.15) is 5.52 Å². The van der Waals surface area contributed by atoms with Crippen LogP contribution in [0.5, 0.6) is 0 Å². The Morgan fingerprint density at radius 2 is 1.92 bits per heavy atom. The number of hydrogen-bond donors (Lipinski definition) is 0. The molecule has 0 aliphatic heterocycles. The van der Waals surface area contributed by atoms with Gasteiger partial charge in [-0.05, 0) is 24.6 Å². The minimum atomic E-state index is -0.667. The summed E-state index contributed by atoms with van der Waals surface area (Å²) in [5, 5.41) is 23.1. The lowest BCUT2D eigenvalue weighted by Gasteiger charge is -2.15. The van der Waals surface area contributed by atoms with Crippen LogP contribution >= 0.6 is 0 Å². The Morgan fingerprint density at radius 3 is 2.65 bits per heavy atom. The molecule has 0 aliphatic rings. The molecule has 0 amide bonds. The number of hydrogen-bond acceptors (Lipinski definition) is 5. The van der Waals surface area contributed by atoms with Gasteiger partial charge in [0.25, 0.3) is 17.0 Å². The monoisotopic (exact) mass is 351 g/mol. The molecule has 0 saturated carbocycles. The van der Waals surface area contributed by atoms with E-state index >= 15 is 0 Å². The topological polar surface area (TPSA) is 111 Å². The lowest BCUT2D eigenvalue weighted by molar-refractivity contribution is -0.468. The van der Waals surface area contributed by atoms with E-state index in [4.69, 9.17) is 0 Å². The molecular formula is C18H13N3O5. The molecule has 0 N–H and O–H groups in total. The molecule has 3 rings (SSSR count). The van der Waals surface area contributed by atoms with Gasteiger partial charge in [0.15, 0.2) is 0 Å². The second kappa shape index (κ2) is 6.60. The van der Waals surface area contributed by atoms with Gasteiger partial charge in [0, 0.05) is 23.1 Å². The number of ketones is 1. The van der Waals surface area contributed by atoms with Gasteiger partial charge in [0.2, 0.25) is 0 Å². The molecule has 0 radical (unpaired) electrons. The third-order valence-corrected chi connectivity index (χ3v) is 3.91. The van der Waals surface area contributed by atoms with E-state index in [9.17, 15) is 25.0 Å². The fourth-order valence-corrected chi connectivity index (χ4v) is 2.62. The maximum atomic E-state index is 12.5. The van der Waals surface area contributed by atoms with Crippen molar-refractivity contribution in [1.82, 2.24) is 4.73 Å². The van der Waals surface area contributed by atoms with E-state index in [1.54, 1.807) is 18.2 Å². The molecule has 2 aromatic carbocycles. The van der Waals surface area contributed by atoms with Crippen molar-refractivity contribution in [1.29, 1.82) is 0 Å². The highest BCUT2D eigenvalue weighted by atomic mass is 16.6. The lowest BCUT2D eigenvalue weighted by atomic mass is 10.1. The average Bonchev–Trinajstić information content (AvgIpc) is 2.65. The molecule has 0 atom stereocenters. The molecular weight excluding hydrogens is 338 g/mol. The predicted octanol–water partition coefficient (Wildman–Crippen LogP) is 3.01. The number of allylic oxidation sites excluding steroid dienone is 1. The van der Waals surface area contributed by atoms with Crippen molar-refractivity contribution >= 4 is 28.6 Å². The average molecular weight is 351 g/mol. The molecule has 8 nitrogen and oxygen atoms in total. The van der Waals surface area contributed by atoms with Crippen LogP contribution in [0.2, 0.25) is 0 Å². The van der Waals surface area contributed by atoms with Crippen molar-refractivity contribution < 1.29 is 14.1 Å². The molecule has 0 fully saturated rings. The zero-order valence-corrected chi connectivity index (χ0v) is 13.7. The third-order valence-electron chi connectivity index (χ3n) is 3.91. The standard InChI is InChI=1S/C18H13N3O5/c1-12-18(20(24)16-8-3-2-7-15(16)19(12)23)17(22)10-9-13-5-4-6-14(11-13)21(25)26/h2-11H,1H3/b10-9+. The molecule has 0 saturated heterocycles. The second-order valence-electron chi connectivity index (χ2n) is 5.56. The van der Waals surface area contributed by atoms with Crippen LogP contribution in [0, 0.1) is 27.2 Å². The summed E-state index contributed by atoms with van der Waals surface area (Å²) in [6.07, 6.45) is 2.48. The van der Waals surface area contributed by atoms with Gasteiger partial charge in [-0.1, -0.05) is 30.3 Å². The number of nitrogens with zero attached hydrogens (tertiary/aromatic N) is 3. The zero-order chi connectivity index (χ0) is 18.8. The van der Waals surface area contributed by atoms with Gasteiger partial charge in [0.05, 0.1) is 15.0 Å². The van der Waals surface area contributed by atoms with Crippen LogP contribution in [0.15, 0.2) is 54.6 Å². The van der Waals surface area contributed by atoms with Crippen LogP contribution in [0.25, 0.3) is 17.1 Å². The molecule has 3 aromatic rings. The zero-order valence-electron chi connectivity index (χ0n) is 13.7. The van der Waals surface area contributed by atoms with Crippen LogP contribution in [0.4, 0.5) is 5.69 Å². The Hall–Kier alpha value is -3.81. The minimum Gasteiger partial charge on any atom is -0.805 e. The maximum Gasteiger partial charge on any atom is 0.329 e. The van der Waals surface area contributed by atoms with Crippen molar-refractivity contribution in [2.45, 2.75) is 6.92 Å². The number of non-ortho nitro benzene ring substituents is 1. The fraction of sp³-hybridized carbons (Fsp3) is 0.0556. The summed E-state index contributed by atoms with van der Waals surface area (Å²) in [6, 6.07) is 11.9. The SMILES string of the molecule is Cc1c(C(=O)/C=C/c2cccc([N+](=O)[O-])c2)[n+](=O)c2ccccc2n1[O-]. The van der Waals surface area contributed by atoms with Gasteiger partial charge < -0.3 is 9.94 Å². The fourth-order valence-electron chi connectivity index (χ4n) is 2.62. The first-order valence-electron chi connectivity index (χ1n) is 7.61. The quantitative estimate of drug-likeness (QED) is 0.236. The van der Waals surface area contributed by atoms with Crippen LogP contribution in [-0.4, -0.2) is 15.4 Å². The van der Waals surface area contributed by atoms with E-state index < -0.39 is 10.7 Å². The molecule has 0 unspecified atom stereocenters. The number of carbonyl (C=O) groups excluding carboxylic acids is 1. The number of fused-ring (bicyclic) bond motifs is 1. The molecule has 8 heteroatoms. The van der Waals surface area contributed by atoms with E-state index in [1.807, 2.05) is 0 Å². The smallest absolute Gasteiger partial charge is 0.329 e. The Bertz CT molecular complexity index is 1130. The summed E-state index contributed by atoms with van der Waals surface area (Å²) >= 11 is 0. The van der Waals surface area contributed by atoms with Crippen molar-refractivity contribution in [3.05, 3.63) is 91.8 Å². The minimum absolute atomic E-state index is 0.0209. The second-order valence-corrected chi connectivity index (χ2v) is 5.56. The largest absolute Gasteiger partial charge is 0.805 e. The molecule has 130 valence electrons. The number of nitro groups is 1. The number of aromatic nitrogens is 2. The van der Waals surface area contributed by atoms with Gasteiger partial charge in [-0.2, -0.15) is 0 Å². The van der Waals surface area contributed by atoms with E-state index in [-0.39, 0.29) is 28.1 Å². The van der Waals surface area contributed by atoms with Crippen molar-refractivity contribution in [2.24, 2.45) is 0 Å². The van der Waals surface area contributed by atoms with E-state index in [0.29, 0.717) is 14.7 Å². The van der Waals surface area contributed by atoms with Crippen LogP contribution in [0.1, 0.15) is 21.7 Å². The highest BCUT2D eigenvalue weighted by molar-refractivity contribution is 6.05. The highest BCUT2D eigenvalue weighted by Crippen LogP contribution is 2.16. The van der Waals surface area contributed by atoms with Gasteiger partial charge in [-0.3, -0.25) is 14.9 Å². The molecule has 1 aromatic heterocycles. The number of rotatable bonds is 4. The van der Waals surface area contributed by atoms with Gasteiger partial charge in [-0.15, -0.1) is 0 Å². The summed E-state index contributed by atoms with van der Waals surface area (Å²) in [5.41, 5.74) is 0.253. The first-order valence-corrected chi connectivity index (χ1v) is 7.61. The first-order chi connectivity index (χ1) is 12.4. The Morgan fingerprint density at radius 1 is 1.19 bits per heavy atom. The molecule has 26 heavy (non-hydrogen) atoms. The summed E-state index contributed by atoms with van der Waals surface area (Å²) in [6.45, 7) is 1.39. The van der Waals surface area contributed by atoms with Crippen molar-refractivity contribution in [3.63, 3.8) is 0 Å². The summed E-state index contributed by atoms with van der Waals surface area (Å²) in [7, 11) is 0. The van der Waals surface area contributed by atoms with Crippen LogP contribution in [-0.2, 0) is 0 Å². The molecule has 0 bridgehead atoms. The number of carbonyl (C=O) groups is 1. The first kappa shape index (κ1) is 17.0. The molecule has 0 aliphatic carbocycles. The Balaban J connectivity index is 2.05. The van der Waals surface area contributed by atoms with Crippen molar-refractivity contribution in [3.8, 4) is 0 Å². The van der Waals surface area contributed by atoms with Crippen LogP contribution < -0.4 is 4.43 Å². The normalized spacial score (nSPS) is 11.1. The Kier molecular flexibility index (Phi) is 4.32. The number of benzene rings is 2. The third kappa shape index (κ3) is 2.95. The van der Waals surface area contributed by atoms with Gasteiger partial charge >= 0.3 is 5.69 Å². The summed E-state index contributed by atoms with van der Waals surface area (Å²) in [5.74, 6) is -0.667. The van der Waals surface area contributed by atoms with Crippen LogP contribution in [0.3, 0.4) is 0 Å². The predicted molar refractivity (Wildman–Crippen MR) is 95.3 cm³/mol. The summed E-state index contributed by atoms with van der Waals surface area (Å²) in [4.78, 5) is 35.3.